The number of hydrogen-bond donors (Lipinski definition) is 2. The maximum absolute atomic E-state index is 12.3. The third-order valence-electron chi connectivity index (χ3n) is 2.94. The highest BCUT2D eigenvalue weighted by Gasteiger charge is 2.41. The molecule has 0 aliphatic heterocycles. The largest absolute Gasteiger partial charge is 0.395 e. The lowest BCUT2D eigenvalue weighted by molar-refractivity contribution is 0.302. The summed E-state index contributed by atoms with van der Waals surface area (Å²) in [4.78, 5) is 1.95. The fraction of sp³-hybridized carbons (Fsp3) is 0.700. The van der Waals surface area contributed by atoms with E-state index >= 15 is 0 Å². The molecule has 0 unspecified atom stereocenters. The Kier molecular flexibility index (Phi) is 3.79. The minimum Gasteiger partial charge on any atom is -0.395 e. The maximum atomic E-state index is 12.3. The van der Waals surface area contributed by atoms with Crippen LogP contribution in [-0.2, 0) is 9.84 Å². The van der Waals surface area contributed by atoms with E-state index in [1.807, 2.05) is 6.92 Å². The molecule has 1 aliphatic carbocycles. The van der Waals surface area contributed by atoms with Gasteiger partial charge in [0.15, 0.2) is 15.7 Å². The summed E-state index contributed by atoms with van der Waals surface area (Å²) in [7, 11) is -3.36. The van der Waals surface area contributed by atoms with Gasteiger partial charge < -0.3 is 15.7 Å². The summed E-state index contributed by atoms with van der Waals surface area (Å²) in [5, 5.41) is 9.26. The SMILES string of the molecule is CCN(CCO)c1snc(N)c1S(=O)(=O)C1CC1. The summed E-state index contributed by atoms with van der Waals surface area (Å²) in [5.41, 5.74) is 5.71. The molecule has 1 heterocycles. The third kappa shape index (κ3) is 2.32. The monoisotopic (exact) mass is 291 g/mol. The minimum absolute atomic E-state index is 0.0332. The second kappa shape index (κ2) is 5.02. The van der Waals surface area contributed by atoms with E-state index in [0.717, 1.165) is 11.5 Å². The number of nitrogens with two attached hydrogens (primary N) is 1. The van der Waals surface area contributed by atoms with Crippen LogP contribution in [0.3, 0.4) is 0 Å². The van der Waals surface area contributed by atoms with Crippen LogP contribution in [0.5, 0.6) is 0 Å². The predicted octanol–water partition coefficient (Wildman–Crippen LogP) is 0.480. The number of aliphatic hydroxyl groups excluding tert-OH is 1. The number of likely N-dealkylation sites (N-methyl/N-ethyl adjacent to an activating group) is 1. The lowest BCUT2D eigenvalue weighted by atomic mass is 10.5. The van der Waals surface area contributed by atoms with E-state index < -0.39 is 9.84 Å². The molecule has 18 heavy (non-hydrogen) atoms. The summed E-state index contributed by atoms with van der Waals surface area (Å²) in [6, 6.07) is 0. The highest BCUT2D eigenvalue weighted by Crippen LogP contribution is 2.42. The second-order valence-electron chi connectivity index (χ2n) is 4.25. The van der Waals surface area contributed by atoms with Gasteiger partial charge in [0.1, 0.15) is 9.90 Å². The van der Waals surface area contributed by atoms with Crippen LogP contribution < -0.4 is 10.6 Å². The van der Waals surface area contributed by atoms with Gasteiger partial charge in [0.05, 0.1) is 11.9 Å². The molecule has 1 fully saturated rings. The van der Waals surface area contributed by atoms with Crippen LogP contribution in [0.15, 0.2) is 4.90 Å². The first kappa shape index (κ1) is 13.6. The van der Waals surface area contributed by atoms with Crippen molar-refractivity contribution < 1.29 is 13.5 Å². The molecule has 0 aromatic carbocycles. The molecule has 2 rings (SSSR count). The van der Waals surface area contributed by atoms with Crippen LogP contribution in [0, 0.1) is 0 Å². The summed E-state index contributed by atoms with van der Waals surface area (Å²) in [6.07, 6.45) is 1.40. The Hall–Kier alpha value is -0.860. The van der Waals surface area contributed by atoms with Gasteiger partial charge in [0, 0.05) is 13.1 Å². The second-order valence-corrected chi connectivity index (χ2v) is 7.17. The first-order valence-corrected chi connectivity index (χ1v) is 8.19. The average Bonchev–Trinajstić information content (AvgIpc) is 3.10. The van der Waals surface area contributed by atoms with Crippen molar-refractivity contribution in [1.82, 2.24) is 4.37 Å². The Morgan fingerprint density at radius 3 is 2.72 bits per heavy atom. The smallest absolute Gasteiger partial charge is 0.187 e. The van der Waals surface area contributed by atoms with Crippen molar-refractivity contribution in [3.63, 3.8) is 0 Å². The molecule has 1 aliphatic rings. The van der Waals surface area contributed by atoms with E-state index in [1.165, 1.54) is 0 Å². The Morgan fingerprint density at radius 2 is 2.22 bits per heavy atom. The Bertz CT molecular complexity index is 522. The van der Waals surface area contributed by atoms with Crippen molar-refractivity contribution in [3.8, 4) is 0 Å². The standard InChI is InChI=1S/C10H17N3O3S2/c1-2-13(5-6-14)10-8(9(11)12-17-10)18(15,16)7-3-4-7/h7,14H,2-6H2,1H3,(H2,11,12). The van der Waals surface area contributed by atoms with Gasteiger partial charge in [-0.1, -0.05) is 0 Å². The van der Waals surface area contributed by atoms with E-state index in [4.69, 9.17) is 10.8 Å². The molecule has 0 atom stereocenters. The lowest BCUT2D eigenvalue weighted by Gasteiger charge is -2.20. The van der Waals surface area contributed by atoms with Gasteiger partial charge in [-0.05, 0) is 31.3 Å². The first-order valence-electron chi connectivity index (χ1n) is 5.87. The van der Waals surface area contributed by atoms with Crippen molar-refractivity contribution >= 4 is 32.2 Å². The number of hydrogen-bond acceptors (Lipinski definition) is 7. The average molecular weight is 291 g/mol. The highest BCUT2D eigenvalue weighted by atomic mass is 32.2. The van der Waals surface area contributed by atoms with E-state index in [9.17, 15) is 8.42 Å². The van der Waals surface area contributed by atoms with Crippen LogP contribution >= 0.6 is 11.5 Å². The molecule has 0 bridgehead atoms. The van der Waals surface area contributed by atoms with E-state index in [2.05, 4.69) is 4.37 Å². The molecular formula is C10H17N3O3S2. The van der Waals surface area contributed by atoms with Crippen molar-refractivity contribution in [2.45, 2.75) is 29.9 Å². The quantitative estimate of drug-likeness (QED) is 0.791. The Balaban J connectivity index is 2.43. The number of nitrogens with zero attached hydrogens (tertiary/aromatic N) is 2. The Labute approximate surface area is 111 Å². The van der Waals surface area contributed by atoms with E-state index in [0.29, 0.717) is 30.9 Å². The fourth-order valence-electron chi connectivity index (χ4n) is 1.82. The molecule has 6 nitrogen and oxygen atoms in total. The van der Waals surface area contributed by atoms with Gasteiger partial charge in [-0.15, -0.1) is 0 Å². The molecule has 8 heteroatoms. The number of aliphatic hydroxyl groups is 1. The molecule has 102 valence electrons. The van der Waals surface area contributed by atoms with Crippen molar-refractivity contribution in [2.24, 2.45) is 0 Å². The summed E-state index contributed by atoms with van der Waals surface area (Å²) < 4.78 is 28.6. The van der Waals surface area contributed by atoms with Crippen LogP contribution in [0.2, 0.25) is 0 Å². The normalized spacial score (nSPS) is 15.9. The van der Waals surface area contributed by atoms with E-state index in [-0.39, 0.29) is 22.6 Å². The number of aromatic nitrogens is 1. The van der Waals surface area contributed by atoms with Crippen LogP contribution in [0.25, 0.3) is 0 Å². The van der Waals surface area contributed by atoms with Gasteiger partial charge in [0.25, 0.3) is 0 Å². The fourth-order valence-corrected chi connectivity index (χ4v) is 4.94. The number of rotatable bonds is 6. The van der Waals surface area contributed by atoms with Gasteiger partial charge >= 0.3 is 0 Å². The lowest BCUT2D eigenvalue weighted by Crippen LogP contribution is -2.27. The molecular weight excluding hydrogens is 274 g/mol. The summed E-state index contributed by atoms with van der Waals surface area (Å²) >= 11 is 1.08. The molecule has 0 amide bonds. The van der Waals surface area contributed by atoms with Gasteiger partial charge in [-0.25, -0.2) is 8.42 Å². The number of anilines is 2. The zero-order valence-corrected chi connectivity index (χ0v) is 11.8. The number of sulfone groups is 1. The molecule has 1 aromatic rings. The molecule has 0 saturated heterocycles. The van der Waals surface area contributed by atoms with Crippen LogP contribution in [0.1, 0.15) is 19.8 Å². The van der Waals surface area contributed by atoms with Gasteiger partial charge in [-0.2, -0.15) is 4.37 Å². The molecule has 1 aromatic heterocycles. The van der Waals surface area contributed by atoms with Crippen molar-refractivity contribution in [3.05, 3.63) is 0 Å². The zero-order valence-electron chi connectivity index (χ0n) is 10.2. The highest BCUT2D eigenvalue weighted by molar-refractivity contribution is 7.92. The van der Waals surface area contributed by atoms with Crippen molar-refractivity contribution in [2.75, 3.05) is 30.3 Å². The summed E-state index contributed by atoms with van der Waals surface area (Å²) in [6.45, 7) is 2.86. The topological polar surface area (TPSA) is 96.5 Å². The van der Waals surface area contributed by atoms with Crippen LogP contribution in [-0.4, -0.2) is 42.8 Å². The minimum atomic E-state index is -3.36. The predicted molar refractivity (Wildman–Crippen MR) is 71.7 cm³/mol. The zero-order chi connectivity index (χ0) is 13.3. The first-order chi connectivity index (χ1) is 8.52. The number of nitrogen functional groups attached to an aromatic ring is 1. The van der Waals surface area contributed by atoms with Crippen molar-refractivity contribution in [1.29, 1.82) is 0 Å². The molecule has 1 saturated carbocycles. The summed E-state index contributed by atoms with van der Waals surface area (Å²) in [5.74, 6) is 0.0817. The van der Waals surface area contributed by atoms with Gasteiger partial charge in [-0.3, -0.25) is 0 Å². The van der Waals surface area contributed by atoms with E-state index in [1.54, 1.807) is 4.90 Å². The molecule has 0 spiro atoms. The Morgan fingerprint density at radius 1 is 1.56 bits per heavy atom. The third-order valence-corrected chi connectivity index (χ3v) is 6.32. The molecule has 0 radical (unpaired) electrons. The van der Waals surface area contributed by atoms with Crippen LogP contribution in [0.4, 0.5) is 10.8 Å². The maximum Gasteiger partial charge on any atom is 0.187 e. The molecule has 3 N–H and O–H groups in total. The van der Waals surface area contributed by atoms with Gasteiger partial charge in [0.2, 0.25) is 0 Å².